The quantitative estimate of drug-likeness (QED) is 0.386. The largest absolute Gasteiger partial charge is 0.466 e. The second kappa shape index (κ2) is 10.5. The summed E-state index contributed by atoms with van der Waals surface area (Å²) in [4.78, 5) is 45.3. The maximum atomic E-state index is 13.3. The van der Waals surface area contributed by atoms with Gasteiger partial charge < -0.3 is 14.4 Å². The van der Waals surface area contributed by atoms with Gasteiger partial charge in [-0.25, -0.2) is 14.6 Å². The van der Waals surface area contributed by atoms with Crippen molar-refractivity contribution in [1.29, 1.82) is 0 Å². The Kier molecular flexibility index (Phi) is 7.72. The molecule has 3 amide bonds. The summed E-state index contributed by atoms with van der Waals surface area (Å²) in [5, 5.41) is 3.95. The zero-order valence-corrected chi connectivity index (χ0v) is 23.0. The number of nitrogens with zero attached hydrogens (tertiary/aromatic N) is 3. The first-order chi connectivity index (χ1) is 17.1. The van der Waals surface area contributed by atoms with Crippen LogP contribution in [0.25, 0.3) is 0 Å². The van der Waals surface area contributed by atoms with Crippen molar-refractivity contribution in [2.75, 3.05) is 49.3 Å². The van der Waals surface area contributed by atoms with Crippen molar-refractivity contribution in [2.45, 2.75) is 36.8 Å². The van der Waals surface area contributed by atoms with Gasteiger partial charge >= 0.3 is 18.1 Å². The molecule has 1 spiro atoms. The van der Waals surface area contributed by atoms with E-state index >= 15 is 0 Å². The minimum atomic E-state index is -0.637. The number of ether oxygens (including phenoxy) is 2. The molecule has 1 saturated heterocycles. The number of thioether (sulfide) groups is 1. The maximum Gasteiger partial charge on any atom is 0.409 e. The molecule has 1 unspecified atom stereocenters. The predicted octanol–water partition coefficient (Wildman–Crippen LogP) is 5.24. The third-order valence-corrected chi connectivity index (χ3v) is 9.22. The van der Waals surface area contributed by atoms with Crippen LogP contribution >= 0.6 is 34.7 Å². The van der Waals surface area contributed by atoms with Crippen LogP contribution in [0.2, 0.25) is 5.02 Å². The number of hydrogen-bond donors (Lipinski definition) is 1. The van der Waals surface area contributed by atoms with E-state index in [2.05, 4.69) is 10.3 Å². The summed E-state index contributed by atoms with van der Waals surface area (Å²) < 4.78 is 10.9. The van der Waals surface area contributed by atoms with E-state index in [-0.39, 0.29) is 18.1 Å². The van der Waals surface area contributed by atoms with Gasteiger partial charge in [-0.05, 0) is 51.0 Å². The number of fused-ring (bicyclic) bond motifs is 2. The fourth-order valence-electron chi connectivity index (χ4n) is 4.51. The Labute approximate surface area is 223 Å². The highest BCUT2D eigenvalue weighted by Gasteiger charge is 2.50. The van der Waals surface area contributed by atoms with Gasteiger partial charge in [0.15, 0.2) is 5.13 Å². The molecule has 1 fully saturated rings. The number of methoxy groups -OCH3 is 1. The van der Waals surface area contributed by atoms with Crippen LogP contribution in [0.15, 0.2) is 28.6 Å². The standard InChI is InChI=1S/C24H29ClN4O5S2/c1-5-34-19(30)23(2,3)14-35-18-11-26-20(36-18)27-21(31)29-13-24(8-9-28(12-24)22(32)33-4)16-10-15(25)6-7-17(16)29/h6-7,10-11H,5,8-9,12-14H2,1-4H3,(H,26,27,31). The van der Waals surface area contributed by atoms with Gasteiger partial charge in [-0.15, -0.1) is 11.8 Å². The lowest BCUT2D eigenvalue weighted by Crippen LogP contribution is -2.41. The van der Waals surface area contributed by atoms with Gasteiger partial charge in [0.25, 0.3) is 0 Å². The molecule has 2 aliphatic rings. The Morgan fingerprint density at radius 1 is 1.31 bits per heavy atom. The third-order valence-electron chi connectivity index (χ3n) is 6.41. The summed E-state index contributed by atoms with van der Waals surface area (Å²) >= 11 is 9.16. The van der Waals surface area contributed by atoms with E-state index in [0.717, 1.165) is 15.5 Å². The number of halogens is 1. The topological polar surface area (TPSA) is 101 Å². The molecule has 4 rings (SSSR count). The first-order valence-electron chi connectivity index (χ1n) is 11.6. The van der Waals surface area contributed by atoms with Gasteiger partial charge in [0.05, 0.1) is 29.5 Å². The Hall–Kier alpha value is -2.50. The summed E-state index contributed by atoms with van der Waals surface area (Å²) in [6, 6.07) is 5.18. The lowest BCUT2D eigenvalue weighted by Gasteiger charge is -2.25. The lowest BCUT2D eigenvalue weighted by atomic mass is 9.81. The number of hydrogen-bond acceptors (Lipinski definition) is 8. The van der Waals surface area contributed by atoms with E-state index in [1.165, 1.54) is 30.2 Å². The van der Waals surface area contributed by atoms with Crippen LogP contribution < -0.4 is 10.2 Å². The molecule has 0 aliphatic carbocycles. The predicted molar refractivity (Wildman–Crippen MR) is 141 cm³/mol. The van der Waals surface area contributed by atoms with Crippen LogP contribution in [0.1, 0.15) is 32.8 Å². The molecular formula is C24H29ClN4O5S2. The molecule has 36 heavy (non-hydrogen) atoms. The van der Waals surface area contributed by atoms with Crippen molar-refractivity contribution in [2.24, 2.45) is 5.41 Å². The van der Waals surface area contributed by atoms with Gasteiger partial charge in [0, 0.05) is 41.5 Å². The summed E-state index contributed by atoms with van der Waals surface area (Å²) in [6.07, 6.45) is 2.02. The molecule has 0 bridgehead atoms. The average Bonchev–Trinajstić information content (AvgIpc) is 3.56. The van der Waals surface area contributed by atoms with Gasteiger partial charge in [0.1, 0.15) is 0 Å². The Balaban J connectivity index is 1.45. The number of nitrogens with one attached hydrogen (secondary N) is 1. The van der Waals surface area contributed by atoms with Gasteiger partial charge in [-0.2, -0.15) is 0 Å². The smallest absolute Gasteiger partial charge is 0.409 e. The number of esters is 1. The van der Waals surface area contributed by atoms with E-state index in [1.807, 2.05) is 26.0 Å². The first-order valence-corrected chi connectivity index (χ1v) is 13.7. The zero-order chi connectivity index (χ0) is 26.1. The zero-order valence-electron chi connectivity index (χ0n) is 20.6. The molecule has 1 N–H and O–H groups in total. The number of likely N-dealkylation sites (tertiary alicyclic amines) is 1. The molecule has 12 heteroatoms. The Morgan fingerprint density at radius 2 is 2.08 bits per heavy atom. The minimum absolute atomic E-state index is 0.241. The summed E-state index contributed by atoms with van der Waals surface area (Å²) in [5.41, 5.74) is 0.676. The van der Waals surface area contributed by atoms with Crippen LogP contribution in [0.4, 0.5) is 20.4 Å². The van der Waals surface area contributed by atoms with Crippen LogP contribution in [0.5, 0.6) is 0 Å². The molecular weight excluding hydrogens is 524 g/mol. The minimum Gasteiger partial charge on any atom is -0.466 e. The van der Waals surface area contributed by atoms with Crippen molar-refractivity contribution in [3.05, 3.63) is 35.0 Å². The number of thiazole rings is 1. The average molecular weight is 553 g/mol. The number of urea groups is 1. The molecule has 3 heterocycles. The highest BCUT2D eigenvalue weighted by Crippen LogP contribution is 2.47. The number of carbonyl (C=O) groups is 3. The molecule has 1 aromatic carbocycles. The summed E-state index contributed by atoms with van der Waals surface area (Å²) in [7, 11) is 1.37. The van der Waals surface area contributed by atoms with E-state index in [0.29, 0.717) is 48.6 Å². The number of benzene rings is 1. The second-order valence-corrected chi connectivity index (χ2v) is 12.2. The molecule has 1 aromatic heterocycles. The van der Waals surface area contributed by atoms with Crippen molar-refractivity contribution in [3.63, 3.8) is 0 Å². The number of carbonyl (C=O) groups excluding carboxylic acids is 3. The Morgan fingerprint density at radius 3 is 2.81 bits per heavy atom. The van der Waals surface area contributed by atoms with E-state index in [9.17, 15) is 14.4 Å². The second-order valence-electron chi connectivity index (χ2n) is 9.48. The normalized spacial score (nSPS) is 18.9. The maximum absolute atomic E-state index is 13.3. The highest BCUT2D eigenvalue weighted by atomic mass is 35.5. The van der Waals surface area contributed by atoms with Crippen LogP contribution in [-0.4, -0.2) is 67.1 Å². The molecule has 9 nitrogen and oxygen atoms in total. The molecule has 194 valence electrons. The van der Waals surface area contributed by atoms with Gasteiger partial charge in [0.2, 0.25) is 0 Å². The number of rotatable bonds is 6. The monoisotopic (exact) mass is 552 g/mol. The van der Waals surface area contributed by atoms with Crippen LogP contribution in [-0.2, 0) is 19.7 Å². The van der Waals surface area contributed by atoms with E-state index in [1.54, 1.807) is 29.0 Å². The van der Waals surface area contributed by atoms with Crippen molar-refractivity contribution < 1.29 is 23.9 Å². The van der Waals surface area contributed by atoms with Crippen LogP contribution in [0, 0.1) is 5.41 Å². The van der Waals surface area contributed by atoms with E-state index in [4.69, 9.17) is 21.1 Å². The molecule has 0 saturated carbocycles. The van der Waals surface area contributed by atoms with Crippen molar-refractivity contribution in [3.8, 4) is 0 Å². The summed E-state index contributed by atoms with van der Waals surface area (Å²) in [6.45, 7) is 7.24. The summed E-state index contributed by atoms with van der Waals surface area (Å²) in [5.74, 6) is 0.288. The molecule has 2 aromatic rings. The van der Waals surface area contributed by atoms with Crippen LogP contribution in [0.3, 0.4) is 0 Å². The van der Waals surface area contributed by atoms with E-state index < -0.39 is 10.8 Å². The Bertz CT molecular complexity index is 1170. The molecule has 2 aliphatic heterocycles. The number of amides is 3. The third kappa shape index (κ3) is 5.28. The van der Waals surface area contributed by atoms with Gasteiger partial charge in [-0.1, -0.05) is 22.9 Å². The number of anilines is 2. The fourth-order valence-corrected chi connectivity index (χ4v) is 6.62. The number of aromatic nitrogens is 1. The fraction of sp³-hybridized carbons (Fsp3) is 0.500. The van der Waals surface area contributed by atoms with Gasteiger partial charge in [-0.3, -0.25) is 15.0 Å². The highest BCUT2D eigenvalue weighted by molar-refractivity contribution is 8.01. The lowest BCUT2D eigenvalue weighted by molar-refractivity contribution is -0.152. The van der Waals surface area contributed by atoms with Crippen molar-refractivity contribution >= 4 is 63.6 Å². The molecule has 1 atom stereocenters. The molecule has 0 radical (unpaired) electrons. The van der Waals surface area contributed by atoms with Crippen molar-refractivity contribution in [1.82, 2.24) is 9.88 Å². The SMILES string of the molecule is CCOC(=O)C(C)(C)CSc1cnc(NC(=O)N2CC3(CCN(C(=O)OC)C3)c3cc(Cl)ccc32)s1. The first kappa shape index (κ1) is 26.6.